The van der Waals surface area contributed by atoms with E-state index >= 15 is 0 Å². The molecule has 2 heterocycles. The molecule has 0 atom stereocenters. The highest BCUT2D eigenvalue weighted by Crippen LogP contribution is 2.27. The van der Waals surface area contributed by atoms with Crippen molar-refractivity contribution >= 4 is 22.9 Å². The molecule has 2 aromatic heterocycles. The van der Waals surface area contributed by atoms with Crippen molar-refractivity contribution in [2.45, 2.75) is 17.6 Å². The quantitative estimate of drug-likeness (QED) is 0.669. The fraction of sp³-hybridized carbons (Fsp3) is 0.375. The number of thioether (sulfide) groups is 1. The van der Waals surface area contributed by atoms with Crippen LogP contribution in [0.3, 0.4) is 0 Å². The van der Waals surface area contributed by atoms with E-state index in [1.807, 2.05) is 0 Å². The van der Waals surface area contributed by atoms with Gasteiger partial charge in [0.2, 0.25) is 0 Å². The molecule has 0 amide bonds. The van der Waals surface area contributed by atoms with Crippen LogP contribution in [0.25, 0.3) is 11.2 Å². The normalized spacial score (nSPS) is 12.2. The highest BCUT2D eigenvalue weighted by atomic mass is 32.2. The number of rotatable bonds is 3. The third-order valence-corrected chi connectivity index (χ3v) is 2.80. The van der Waals surface area contributed by atoms with Crippen LogP contribution in [0.2, 0.25) is 0 Å². The monoisotopic (exact) mass is 248 g/mol. The van der Waals surface area contributed by atoms with Gasteiger partial charge in [0.1, 0.15) is 16.9 Å². The lowest BCUT2D eigenvalue weighted by atomic mass is 10.5. The van der Waals surface area contributed by atoms with Gasteiger partial charge in [0.05, 0.1) is 12.7 Å². The molecule has 16 heavy (non-hydrogen) atoms. The van der Waals surface area contributed by atoms with Crippen LogP contribution in [0.1, 0.15) is 6.42 Å². The van der Waals surface area contributed by atoms with Crippen LogP contribution in [-0.4, -0.2) is 31.9 Å². The average molecular weight is 248 g/mol. The number of halogens is 3. The van der Waals surface area contributed by atoms with Gasteiger partial charge in [-0.3, -0.25) is 0 Å². The number of aromatic nitrogens is 4. The number of H-pyrrole nitrogens is 1. The number of aromatic amines is 1. The Morgan fingerprint density at radius 2 is 2.06 bits per heavy atom. The first-order chi connectivity index (χ1) is 7.56. The molecule has 0 aromatic carbocycles. The van der Waals surface area contributed by atoms with E-state index in [-0.39, 0.29) is 5.75 Å². The largest absolute Gasteiger partial charge is 0.389 e. The second kappa shape index (κ2) is 4.28. The molecule has 0 radical (unpaired) electrons. The summed E-state index contributed by atoms with van der Waals surface area (Å²) in [5.41, 5.74) is 1.04. The lowest BCUT2D eigenvalue weighted by Gasteiger charge is -2.05. The van der Waals surface area contributed by atoms with E-state index < -0.39 is 12.6 Å². The van der Waals surface area contributed by atoms with E-state index in [1.54, 1.807) is 0 Å². The molecule has 0 bridgehead atoms. The standard InChI is InChI=1S/C8H7F3N4S/c9-8(10,11)1-2-16-7-5-6(13-3-12-5)14-4-15-7/h3-4H,1-2H2,(H,12,13,14,15). The van der Waals surface area contributed by atoms with E-state index in [2.05, 4.69) is 19.9 Å². The van der Waals surface area contributed by atoms with Crippen LogP contribution in [0.15, 0.2) is 17.7 Å². The Bertz CT molecular complexity index is 481. The van der Waals surface area contributed by atoms with Crippen molar-refractivity contribution in [2.75, 3.05) is 5.75 Å². The van der Waals surface area contributed by atoms with Crippen molar-refractivity contribution in [3.05, 3.63) is 12.7 Å². The number of nitrogens with one attached hydrogen (secondary N) is 1. The van der Waals surface area contributed by atoms with Crippen molar-refractivity contribution < 1.29 is 13.2 Å². The zero-order chi connectivity index (χ0) is 11.6. The summed E-state index contributed by atoms with van der Waals surface area (Å²) >= 11 is 1.04. The third-order valence-electron chi connectivity index (χ3n) is 1.81. The molecule has 0 fully saturated rings. The Kier molecular flexibility index (Phi) is 2.99. The maximum absolute atomic E-state index is 11.9. The molecule has 0 saturated carbocycles. The first-order valence-corrected chi connectivity index (χ1v) is 5.38. The fourth-order valence-electron chi connectivity index (χ4n) is 1.12. The van der Waals surface area contributed by atoms with E-state index in [0.717, 1.165) is 11.8 Å². The Morgan fingerprint density at radius 3 is 2.81 bits per heavy atom. The molecule has 0 unspecified atom stereocenters. The first-order valence-electron chi connectivity index (χ1n) is 4.40. The van der Waals surface area contributed by atoms with Gasteiger partial charge in [0.25, 0.3) is 0 Å². The minimum Gasteiger partial charge on any atom is -0.341 e. The van der Waals surface area contributed by atoms with Crippen LogP contribution in [0.5, 0.6) is 0 Å². The van der Waals surface area contributed by atoms with Gasteiger partial charge in [-0.15, -0.1) is 11.8 Å². The van der Waals surface area contributed by atoms with Crippen molar-refractivity contribution in [3.8, 4) is 0 Å². The molecule has 0 spiro atoms. The van der Waals surface area contributed by atoms with Crippen LogP contribution >= 0.6 is 11.8 Å². The van der Waals surface area contributed by atoms with Gasteiger partial charge in [-0.25, -0.2) is 15.0 Å². The molecule has 8 heteroatoms. The number of alkyl halides is 3. The smallest absolute Gasteiger partial charge is 0.341 e. The number of fused-ring (bicyclic) bond motifs is 1. The molecule has 2 rings (SSSR count). The predicted molar refractivity (Wildman–Crippen MR) is 53.1 cm³/mol. The molecule has 86 valence electrons. The second-order valence-electron chi connectivity index (χ2n) is 2.99. The van der Waals surface area contributed by atoms with E-state index in [9.17, 15) is 13.2 Å². The topological polar surface area (TPSA) is 54.5 Å². The average Bonchev–Trinajstić information content (AvgIpc) is 2.64. The van der Waals surface area contributed by atoms with Gasteiger partial charge >= 0.3 is 6.18 Å². The molecule has 0 aliphatic heterocycles. The van der Waals surface area contributed by atoms with Gasteiger partial charge in [0, 0.05) is 5.75 Å². The van der Waals surface area contributed by atoms with Crippen LogP contribution in [-0.2, 0) is 0 Å². The molecule has 4 nitrogen and oxygen atoms in total. The van der Waals surface area contributed by atoms with Gasteiger partial charge in [0.15, 0.2) is 5.65 Å². The summed E-state index contributed by atoms with van der Waals surface area (Å²) < 4.78 is 35.8. The number of imidazole rings is 1. The van der Waals surface area contributed by atoms with Gasteiger partial charge in [-0.1, -0.05) is 0 Å². The first kappa shape index (κ1) is 11.2. The summed E-state index contributed by atoms with van der Waals surface area (Å²) in [5, 5.41) is 0.492. The minimum atomic E-state index is -4.13. The molecule has 2 aromatic rings. The van der Waals surface area contributed by atoms with Crippen LogP contribution < -0.4 is 0 Å². The highest BCUT2D eigenvalue weighted by molar-refractivity contribution is 7.99. The van der Waals surface area contributed by atoms with Gasteiger partial charge < -0.3 is 4.98 Å². The molecular weight excluding hydrogens is 241 g/mol. The Hall–Kier alpha value is -1.31. The molecular formula is C8H7F3N4S. The van der Waals surface area contributed by atoms with Crippen LogP contribution in [0, 0.1) is 0 Å². The molecule has 1 N–H and O–H groups in total. The van der Waals surface area contributed by atoms with E-state index in [4.69, 9.17) is 0 Å². The van der Waals surface area contributed by atoms with E-state index in [0.29, 0.717) is 16.2 Å². The Balaban J connectivity index is 2.07. The van der Waals surface area contributed by atoms with Crippen molar-refractivity contribution in [1.82, 2.24) is 19.9 Å². The van der Waals surface area contributed by atoms with Crippen LogP contribution in [0.4, 0.5) is 13.2 Å². The zero-order valence-electron chi connectivity index (χ0n) is 7.95. The highest BCUT2D eigenvalue weighted by Gasteiger charge is 2.26. The number of hydrogen-bond acceptors (Lipinski definition) is 4. The maximum atomic E-state index is 11.9. The van der Waals surface area contributed by atoms with Crippen molar-refractivity contribution in [2.24, 2.45) is 0 Å². The number of hydrogen-bond donors (Lipinski definition) is 1. The number of nitrogens with zero attached hydrogens (tertiary/aromatic N) is 3. The summed E-state index contributed by atoms with van der Waals surface area (Å²) in [4.78, 5) is 14.5. The third kappa shape index (κ3) is 2.63. The van der Waals surface area contributed by atoms with Gasteiger partial charge in [-0.05, 0) is 0 Å². The molecule has 0 aliphatic rings. The molecule has 0 saturated heterocycles. The summed E-state index contributed by atoms with van der Waals surface area (Å²) in [6.45, 7) is 0. The predicted octanol–water partition coefficient (Wildman–Crippen LogP) is 2.40. The molecule has 0 aliphatic carbocycles. The maximum Gasteiger partial charge on any atom is 0.389 e. The summed E-state index contributed by atoms with van der Waals surface area (Å²) in [6, 6.07) is 0. The SMILES string of the molecule is FC(F)(F)CCSc1ncnc2nc[nH]c12. The summed E-state index contributed by atoms with van der Waals surface area (Å²) in [7, 11) is 0. The fourth-order valence-corrected chi connectivity index (χ4v) is 2.06. The summed E-state index contributed by atoms with van der Waals surface area (Å²) in [6.07, 6.45) is -2.24. The summed E-state index contributed by atoms with van der Waals surface area (Å²) in [5.74, 6) is -0.0609. The van der Waals surface area contributed by atoms with Gasteiger partial charge in [-0.2, -0.15) is 13.2 Å². The van der Waals surface area contributed by atoms with Crippen molar-refractivity contribution in [1.29, 1.82) is 0 Å². The lowest BCUT2D eigenvalue weighted by molar-refractivity contribution is -0.129. The van der Waals surface area contributed by atoms with Crippen molar-refractivity contribution in [3.63, 3.8) is 0 Å². The second-order valence-corrected chi connectivity index (χ2v) is 4.08. The zero-order valence-corrected chi connectivity index (χ0v) is 8.77. The lowest BCUT2D eigenvalue weighted by Crippen LogP contribution is -2.08. The Morgan fingerprint density at radius 1 is 1.25 bits per heavy atom. The Labute approximate surface area is 92.7 Å². The minimum absolute atomic E-state index is 0.0609. The van der Waals surface area contributed by atoms with E-state index in [1.165, 1.54) is 12.7 Å².